The Labute approximate surface area is 237 Å². The lowest BCUT2D eigenvalue weighted by molar-refractivity contribution is -0.129. The monoisotopic (exact) mass is 554 g/mol. The van der Waals surface area contributed by atoms with Crippen LogP contribution in [-0.4, -0.2) is 61.6 Å². The van der Waals surface area contributed by atoms with Crippen molar-refractivity contribution in [3.8, 4) is 11.3 Å². The number of amides is 1. The van der Waals surface area contributed by atoms with Crippen molar-refractivity contribution in [2.75, 3.05) is 36.5 Å². The minimum absolute atomic E-state index is 0.335. The number of hydrogen-bond acceptors (Lipinski definition) is 8. The summed E-state index contributed by atoms with van der Waals surface area (Å²) in [7, 11) is 0. The number of aryl methyl sites for hydroxylation is 1. The number of benzene rings is 2. The summed E-state index contributed by atoms with van der Waals surface area (Å²) < 4.78 is 9.50. The van der Waals surface area contributed by atoms with Crippen molar-refractivity contribution in [3.05, 3.63) is 67.3 Å². The number of carbonyl (C=O) groups excluding carboxylic acids is 1. The van der Waals surface area contributed by atoms with Gasteiger partial charge in [0.25, 0.3) is 0 Å². The molecule has 5 aromatic rings. The summed E-state index contributed by atoms with van der Waals surface area (Å²) in [6, 6.07) is 14.7. The zero-order valence-corrected chi connectivity index (χ0v) is 22.9. The Hall–Kier alpha value is -4.48. The van der Waals surface area contributed by atoms with Crippen molar-refractivity contribution in [2.24, 2.45) is 0 Å². The van der Waals surface area contributed by atoms with E-state index >= 15 is 0 Å². The molecule has 0 unspecified atom stereocenters. The lowest BCUT2D eigenvalue weighted by Crippen LogP contribution is -2.36. The van der Waals surface area contributed by atoms with Gasteiger partial charge in [0.2, 0.25) is 5.91 Å². The molecular formula is C30H34N8O3. The number of rotatable bonds is 11. The summed E-state index contributed by atoms with van der Waals surface area (Å²) in [5, 5.41) is 17.8. The Kier molecular flexibility index (Phi) is 8.06. The second-order valence-electron chi connectivity index (χ2n) is 10.2. The van der Waals surface area contributed by atoms with E-state index < -0.39 is 0 Å². The first kappa shape index (κ1) is 26.7. The van der Waals surface area contributed by atoms with Crippen LogP contribution in [0.25, 0.3) is 27.8 Å². The minimum Gasteiger partial charge on any atom is -0.378 e. The van der Waals surface area contributed by atoms with Crippen LogP contribution in [-0.2, 0) is 16.1 Å². The standard InChI is InChI=1S/C30H34N8O3/c39-28(35-40)5-3-1-2-4-13-38-27-19-22(6-7-23(27)20-32-38)26-21-37-14-12-31-30(37)29(34-26)33-24-8-10-25(11-9-24)36-15-17-41-18-16-36/h6-12,14,19-21,40H,1-5,13,15-18H2,(H,33,34)(H,35,39). The first-order valence-electron chi connectivity index (χ1n) is 14.1. The molecule has 0 atom stereocenters. The summed E-state index contributed by atoms with van der Waals surface area (Å²) >= 11 is 0. The largest absolute Gasteiger partial charge is 0.378 e. The summed E-state index contributed by atoms with van der Waals surface area (Å²) in [5.74, 6) is 0.355. The van der Waals surface area contributed by atoms with E-state index in [1.54, 1.807) is 11.7 Å². The molecule has 3 N–H and O–H groups in total. The highest BCUT2D eigenvalue weighted by Gasteiger charge is 2.14. The van der Waals surface area contributed by atoms with E-state index in [1.165, 1.54) is 5.69 Å². The van der Waals surface area contributed by atoms with Crippen LogP contribution in [0, 0.1) is 0 Å². The van der Waals surface area contributed by atoms with Gasteiger partial charge in [-0.2, -0.15) is 5.10 Å². The van der Waals surface area contributed by atoms with E-state index in [-0.39, 0.29) is 5.91 Å². The molecule has 3 aromatic heterocycles. The molecule has 41 heavy (non-hydrogen) atoms. The number of unbranched alkanes of at least 4 members (excludes halogenated alkanes) is 3. The Morgan fingerprint density at radius 1 is 1.02 bits per heavy atom. The molecule has 0 spiro atoms. The predicted molar refractivity (Wildman–Crippen MR) is 157 cm³/mol. The van der Waals surface area contributed by atoms with E-state index in [4.69, 9.17) is 14.9 Å². The topological polar surface area (TPSA) is 122 Å². The fourth-order valence-electron chi connectivity index (χ4n) is 5.23. The molecule has 0 aliphatic carbocycles. The van der Waals surface area contributed by atoms with Gasteiger partial charge in [-0.3, -0.25) is 14.7 Å². The quantitative estimate of drug-likeness (QED) is 0.121. The molecule has 1 fully saturated rings. The van der Waals surface area contributed by atoms with Gasteiger partial charge in [-0.1, -0.05) is 25.0 Å². The van der Waals surface area contributed by atoms with Crippen molar-refractivity contribution in [1.29, 1.82) is 0 Å². The van der Waals surface area contributed by atoms with E-state index in [0.29, 0.717) is 12.2 Å². The van der Waals surface area contributed by atoms with Crippen molar-refractivity contribution < 1.29 is 14.7 Å². The number of carbonyl (C=O) groups is 1. The number of nitrogens with zero attached hydrogens (tertiary/aromatic N) is 6. The van der Waals surface area contributed by atoms with Crippen molar-refractivity contribution in [1.82, 2.24) is 29.6 Å². The second-order valence-corrected chi connectivity index (χ2v) is 10.2. The van der Waals surface area contributed by atoms with Crippen LogP contribution in [0.3, 0.4) is 0 Å². The molecule has 1 amide bonds. The van der Waals surface area contributed by atoms with E-state index in [0.717, 1.165) is 92.0 Å². The van der Waals surface area contributed by atoms with Gasteiger partial charge in [0, 0.05) is 67.0 Å². The fraction of sp³-hybridized carbons (Fsp3) is 0.333. The third-order valence-corrected chi connectivity index (χ3v) is 7.47. The van der Waals surface area contributed by atoms with Gasteiger partial charge >= 0.3 is 0 Å². The Morgan fingerprint density at radius 2 is 1.85 bits per heavy atom. The number of imidazole rings is 1. The molecule has 4 heterocycles. The molecular weight excluding hydrogens is 520 g/mol. The van der Waals surface area contributed by atoms with Gasteiger partial charge in [-0.15, -0.1) is 0 Å². The molecule has 6 rings (SSSR count). The van der Waals surface area contributed by atoms with Gasteiger partial charge in [0.15, 0.2) is 11.5 Å². The molecule has 0 saturated carbocycles. The second kappa shape index (κ2) is 12.4. The number of ether oxygens (including phenoxy) is 1. The zero-order chi connectivity index (χ0) is 28.0. The summed E-state index contributed by atoms with van der Waals surface area (Å²) in [6.45, 7) is 4.11. The summed E-state index contributed by atoms with van der Waals surface area (Å²) in [5.41, 5.74) is 7.46. The molecule has 11 heteroatoms. The third-order valence-electron chi connectivity index (χ3n) is 7.47. The lowest BCUT2D eigenvalue weighted by Gasteiger charge is -2.28. The fourth-order valence-corrected chi connectivity index (χ4v) is 5.23. The zero-order valence-electron chi connectivity index (χ0n) is 22.9. The number of hydroxylamine groups is 1. The van der Waals surface area contributed by atoms with E-state index in [2.05, 4.69) is 62.8 Å². The van der Waals surface area contributed by atoms with Gasteiger partial charge in [0.1, 0.15) is 0 Å². The van der Waals surface area contributed by atoms with Gasteiger partial charge in [0.05, 0.1) is 30.6 Å². The minimum atomic E-state index is -0.335. The molecule has 2 aromatic carbocycles. The maximum atomic E-state index is 11.2. The van der Waals surface area contributed by atoms with Crippen LogP contribution in [0.5, 0.6) is 0 Å². The van der Waals surface area contributed by atoms with Crippen molar-refractivity contribution in [3.63, 3.8) is 0 Å². The molecule has 1 aliphatic heterocycles. The molecule has 11 nitrogen and oxygen atoms in total. The molecule has 1 aliphatic rings. The van der Waals surface area contributed by atoms with Crippen LogP contribution < -0.4 is 15.7 Å². The van der Waals surface area contributed by atoms with E-state index in [9.17, 15) is 4.79 Å². The summed E-state index contributed by atoms with van der Waals surface area (Å²) in [4.78, 5) is 23.0. The molecule has 0 radical (unpaired) electrons. The van der Waals surface area contributed by atoms with Crippen molar-refractivity contribution >= 4 is 39.6 Å². The smallest absolute Gasteiger partial charge is 0.243 e. The Bertz CT molecular complexity index is 1620. The van der Waals surface area contributed by atoms with Gasteiger partial charge in [-0.05, 0) is 43.2 Å². The highest BCUT2D eigenvalue weighted by atomic mass is 16.5. The number of morpholine rings is 1. The lowest BCUT2D eigenvalue weighted by atomic mass is 10.1. The molecule has 1 saturated heterocycles. The maximum Gasteiger partial charge on any atom is 0.243 e. The van der Waals surface area contributed by atoms with Crippen LogP contribution in [0.4, 0.5) is 17.2 Å². The first-order chi connectivity index (χ1) is 20.2. The first-order valence-corrected chi connectivity index (χ1v) is 14.1. The highest BCUT2D eigenvalue weighted by Crippen LogP contribution is 2.28. The average molecular weight is 555 g/mol. The average Bonchev–Trinajstić information content (AvgIpc) is 3.66. The third kappa shape index (κ3) is 6.16. The molecule has 0 bridgehead atoms. The van der Waals surface area contributed by atoms with Gasteiger partial charge in [-0.25, -0.2) is 15.4 Å². The van der Waals surface area contributed by atoms with Crippen LogP contribution in [0.1, 0.15) is 32.1 Å². The van der Waals surface area contributed by atoms with Crippen LogP contribution in [0.2, 0.25) is 0 Å². The Morgan fingerprint density at radius 3 is 2.68 bits per heavy atom. The maximum absolute atomic E-state index is 11.2. The number of hydrogen-bond donors (Lipinski definition) is 3. The van der Waals surface area contributed by atoms with Gasteiger partial charge < -0.3 is 19.4 Å². The molecule has 212 valence electrons. The number of nitrogens with one attached hydrogen (secondary N) is 2. The predicted octanol–water partition coefficient (Wildman–Crippen LogP) is 4.78. The van der Waals surface area contributed by atoms with Crippen LogP contribution >= 0.6 is 0 Å². The number of fused-ring (bicyclic) bond motifs is 2. The Balaban J connectivity index is 1.19. The van der Waals surface area contributed by atoms with Crippen molar-refractivity contribution in [2.45, 2.75) is 38.6 Å². The van der Waals surface area contributed by atoms with E-state index in [1.807, 2.05) is 27.7 Å². The normalized spacial score (nSPS) is 13.6. The number of anilines is 3. The highest BCUT2D eigenvalue weighted by molar-refractivity contribution is 5.84. The number of aromatic nitrogens is 5. The summed E-state index contributed by atoms with van der Waals surface area (Å²) in [6.07, 6.45) is 11.6. The SMILES string of the molecule is O=C(CCCCCCn1ncc2ccc(-c3cn4ccnc4c(Nc4ccc(N5CCOCC5)cc4)n3)cc21)NO. The van der Waals surface area contributed by atoms with Crippen LogP contribution in [0.15, 0.2) is 67.3 Å².